The van der Waals surface area contributed by atoms with E-state index < -0.39 is 5.60 Å². The summed E-state index contributed by atoms with van der Waals surface area (Å²) < 4.78 is 0.712. The van der Waals surface area contributed by atoms with Crippen molar-refractivity contribution in [3.63, 3.8) is 0 Å². The normalized spacial score (nSPS) is 30.6. The van der Waals surface area contributed by atoms with E-state index in [1.165, 1.54) is 0 Å². The van der Waals surface area contributed by atoms with Crippen LogP contribution in [0.3, 0.4) is 0 Å². The summed E-state index contributed by atoms with van der Waals surface area (Å²) in [5.41, 5.74) is 6.46. The van der Waals surface area contributed by atoms with Gasteiger partial charge in [0.2, 0.25) is 0 Å². The molecule has 4 heteroatoms. The SMILES string of the molecule is C=C(Br)/C=C(/N)C(=C)NC1CC(C)(O)C1. The minimum atomic E-state index is -0.532. The zero-order valence-corrected chi connectivity index (χ0v) is 10.5. The number of rotatable bonds is 4. The van der Waals surface area contributed by atoms with E-state index in [4.69, 9.17) is 5.73 Å². The van der Waals surface area contributed by atoms with Crippen LogP contribution in [0.2, 0.25) is 0 Å². The molecule has 0 heterocycles. The molecule has 0 saturated heterocycles. The summed E-state index contributed by atoms with van der Waals surface area (Å²) in [5, 5.41) is 12.7. The van der Waals surface area contributed by atoms with E-state index in [0.29, 0.717) is 15.9 Å². The standard InChI is InChI=1S/C11H17BrN2O/c1-7(12)4-10(13)8(2)14-9-5-11(3,15)6-9/h4,9,14-15H,1-2,5-6,13H2,3H3/b10-4+. The number of allylic oxidation sites excluding steroid dienone is 2. The van der Waals surface area contributed by atoms with Crippen molar-refractivity contribution in [3.05, 3.63) is 35.1 Å². The number of halogens is 1. The lowest BCUT2D eigenvalue weighted by atomic mass is 9.77. The van der Waals surface area contributed by atoms with Gasteiger partial charge in [-0.1, -0.05) is 29.1 Å². The van der Waals surface area contributed by atoms with Crippen LogP contribution in [-0.2, 0) is 0 Å². The smallest absolute Gasteiger partial charge is 0.0658 e. The van der Waals surface area contributed by atoms with Crippen LogP contribution in [0, 0.1) is 0 Å². The molecule has 0 aromatic heterocycles. The molecule has 0 radical (unpaired) electrons. The zero-order valence-electron chi connectivity index (χ0n) is 8.89. The molecule has 0 spiro atoms. The highest BCUT2D eigenvalue weighted by atomic mass is 79.9. The fourth-order valence-electron chi connectivity index (χ4n) is 1.69. The van der Waals surface area contributed by atoms with E-state index in [2.05, 4.69) is 34.4 Å². The third kappa shape index (κ3) is 3.72. The maximum Gasteiger partial charge on any atom is 0.0658 e. The summed E-state index contributed by atoms with van der Waals surface area (Å²) in [5.74, 6) is 0. The average molecular weight is 273 g/mol. The second-order valence-electron chi connectivity index (χ2n) is 4.27. The second-order valence-corrected chi connectivity index (χ2v) is 5.29. The summed E-state index contributed by atoms with van der Waals surface area (Å²) in [6.07, 6.45) is 3.16. The number of hydrogen-bond donors (Lipinski definition) is 3. The van der Waals surface area contributed by atoms with Crippen molar-refractivity contribution >= 4 is 15.9 Å². The maximum atomic E-state index is 9.54. The number of aliphatic hydroxyl groups is 1. The molecule has 0 amide bonds. The lowest BCUT2D eigenvalue weighted by molar-refractivity contribution is -0.0361. The molecule has 84 valence electrons. The molecule has 1 rings (SSSR count). The second kappa shape index (κ2) is 4.41. The van der Waals surface area contributed by atoms with Gasteiger partial charge in [-0.15, -0.1) is 0 Å². The van der Waals surface area contributed by atoms with Gasteiger partial charge in [0.15, 0.2) is 0 Å². The molecular weight excluding hydrogens is 256 g/mol. The van der Waals surface area contributed by atoms with Crippen LogP contribution in [0.4, 0.5) is 0 Å². The lowest BCUT2D eigenvalue weighted by Crippen LogP contribution is -2.51. The van der Waals surface area contributed by atoms with Crippen molar-refractivity contribution < 1.29 is 5.11 Å². The van der Waals surface area contributed by atoms with Gasteiger partial charge in [-0.2, -0.15) is 0 Å². The Hall–Kier alpha value is -0.740. The van der Waals surface area contributed by atoms with Gasteiger partial charge in [-0.3, -0.25) is 0 Å². The molecule has 1 aliphatic rings. The molecule has 0 atom stereocenters. The van der Waals surface area contributed by atoms with Crippen molar-refractivity contribution in [3.8, 4) is 0 Å². The van der Waals surface area contributed by atoms with E-state index in [9.17, 15) is 5.11 Å². The Bertz CT molecular complexity index is 313. The Morgan fingerprint density at radius 3 is 2.53 bits per heavy atom. The Morgan fingerprint density at radius 1 is 1.60 bits per heavy atom. The fourth-order valence-corrected chi connectivity index (χ4v) is 1.94. The first-order valence-corrected chi connectivity index (χ1v) is 5.59. The van der Waals surface area contributed by atoms with Gasteiger partial charge in [-0.05, 0) is 25.8 Å². The Balaban J connectivity index is 2.41. The van der Waals surface area contributed by atoms with Crippen LogP contribution in [0.15, 0.2) is 35.1 Å². The van der Waals surface area contributed by atoms with E-state index in [1.54, 1.807) is 6.08 Å². The molecule has 1 fully saturated rings. The molecule has 3 nitrogen and oxygen atoms in total. The van der Waals surface area contributed by atoms with E-state index >= 15 is 0 Å². The van der Waals surface area contributed by atoms with Crippen LogP contribution < -0.4 is 11.1 Å². The van der Waals surface area contributed by atoms with E-state index in [0.717, 1.165) is 12.8 Å². The minimum absolute atomic E-state index is 0.267. The minimum Gasteiger partial charge on any atom is -0.397 e. The first-order valence-electron chi connectivity index (χ1n) is 4.80. The van der Waals surface area contributed by atoms with Gasteiger partial charge in [0, 0.05) is 10.5 Å². The Kier molecular flexibility index (Phi) is 3.62. The van der Waals surface area contributed by atoms with Crippen molar-refractivity contribution in [2.75, 3.05) is 0 Å². The van der Waals surface area contributed by atoms with Crippen molar-refractivity contribution in [1.29, 1.82) is 0 Å². The average Bonchev–Trinajstić information content (AvgIpc) is 1.99. The molecule has 0 aliphatic heterocycles. The van der Waals surface area contributed by atoms with Gasteiger partial charge in [0.25, 0.3) is 0 Å². The van der Waals surface area contributed by atoms with Crippen LogP contribution in [0.5, 0.6) is 0 Å². The number of hydrogen-bond acceptors (Lipinski definition) is 3. The molecule has 0 unspecified atom stereocenters. The Labute approximate surface area is 98.9 Å². The van der Waals surface area contributed by atoms with Gasteiger partial charge >= 0.3 is 0 Å². The predicted octanol–water partition coefficient (Wildman–Crippen LogP) is 1.75. The van der Waals surface area contributed by atoms with Gasteiger partial charge < -0.3 is 16.2 Å². The molecule has 1 saturated carbocycles. The number of nitrogens with one attached hydrogen (secondary N) is 1. The van der Waals surface area contributed by atoms with Crippen molar-refractivity contribution in [1.82, 2.24) is 5.32 Å². The first-order chi connectivity index (χ1) is 6.80. The van der Waals surface area contributed by atoms with Gasteiger partial charge in [0.1, 0.15) is 0 Å². The summed E-state index contributed by atoms with van der Waals surface area (Å²) in [7, 11) is 0. The van der Waals surface area contributed by atoms with Crippen LogP contribution in [0.25, 0.3) is 0 Å². The molecule has 0 bridgehead atoms. The highest BCUT2D eigenvalue weighted by molar-refractivity contribution is 9.11. The summed E-state index contributed by atoms with van der Waals surface area (Å²) in [6.45, 7) is 9.32. The molecule has 1 aliphatic carbocycles. The quantitative estimate of drug-likeness (QED) is 0.684. The Morgan fingerprint density at radius 2 is 2.13 bits per heavy atom. The molecule has 0 aromatic rings. The predicted molar refractivity (Wildman–Crippen MR) is 66.3 cm³/mol. The highest BCUT2D eigenvalue weighted by Crippen LogP contribution is 2.32. The topological polar surface area (TPSA) is 58.3 Å². The van der Waals surface area contributed by atoms with Gasteiger partial charge in [0.05, 0.1) is 17.0 Å². The molecule has 0 aromatic carbocycles. The third-order valence-electron chi connectivity index (χ3n) is 2.41. The van der Waals surface area contributed by atoms with Crippen molar-refractivity contribution in [2.24, 2.45) is 5.73 Å². The summed E-state index contributed by atoms with van der Waals surface area (Å²) in [4.78, 5) is 0. The molecule has 15 heavy (non-hydrogen) atoms. The monoisotopic (exact) mass is 272 g/mol. The third-order valence-corrected chi connectivity index (χ3v) is 2.64. The zero-order chi connectivity index (χ0) is 11.6. The van der Waals surface area contributed by atoms with Crippen LogP contribution in [0.1, 0.15) is 19.8 Å². The number of nitrogens with two attached hydrogens (primary N) is 1. The fraction of sp³-hybridized carbons (Fsp3) is 0.455. The van der Waals surface area contributed by atoms with E-state index in [1.807, 2.05) is 6.92 Å². The van der Waals surface area contributed by atoms with Crippen LogP contribution >= 0.6 is 15.9 Å². The van der Waals surface area contributed by atoms with Crippen LogP contribution in [-0.4, -0.2) is 16.7 Å². The molecule has 4 N–H and O–H groups in total. The first kappa shape index (κ1) is 12.3. The summed E-state index contributed by atoms with van der Waals surface area (Å²) in [6, 6.07) is 0.267. The molecular formula is C11H17BrN2O. The van der Waals surface area contributed by atoms with E-state index in [-0.39, 0.29) is 6.04 Å². The highest BCUT2D eigenvalue weighted by Gasteiger charge is 2.38. The van der Waals surface area contributed by atoms with Gasteiger partial charge in [-0.25, -0.2) is 0 Å². The lowest BCUT2D eigenvalue weighted by Gasteiger charge is -2.42. The maximum absolute atomic E-state index is 9.54. The van der Waals surface area contributed by atoms with Crippen molar-refractivity contribution in [2.45, 2.75) is 31.4 Å². The summed E-state index contributed by atoms with van der Waals surface area (Å²) >= 11 is 3.20. The largest absolute Gasteiger partial charge is 0.397 e.